The molecular weight excluding hydrogens is 324 g/mol. The number of aryl methyl sites for hydroxylation is 1. The molecule has 2 heterocycles. The smallest absolute Gasteiger partial charge is 0.325 e. The maximum atomic E-state index is 12.3. The number of rotatable bonds is 5. The van der Waals surface area contributed by atoms with E-state index in [4.69, 9.17) is 0 Å². The minimum absolute atomic E-state index is 0.252. The van der Waals surface area contributed by atoms with Gasteiger partial charge in [-0.05, 0) is 24.2 Å². The molecular formula is C17H22N4O2S. The van der Waals surface area contributed by atoms with Crippen LogP contribution in [-0.4, -0.2) is 58.5 Å². The van der Waals surface area contributed by atoms with Crippen molar-refractivity contribution in [1.29, 1.82) is 0 Å². The number of carbonyl (C=O) groups is 2. The Kier molecular flexibility index (Phi) is 5.08. The van der Waals surface area contributed by atoms with Crippen molar-refractivity contribution in [2.75, 3.05) is 19.3 Å². The van der Waals surface area contributed by atoms with Gasteiger partial charge in [0.25, 0.3) is 5.91 Å². The Morgan fingerprint density at radius 1 is 1.25 bits per heavy atom. The van der Waals surface area contributed by atoms with Crippen molar-refractivity contribution in [3.8, 4) is 0 Å². The summed E-state index contributed by atoms with van der Waals surface area (Å²) in [5.74, 6) is 0.630. The highest BCUT2D eigenvalue weighted by atomic mass is 32.2. The standard InChI is InChI=1S/C17H22N4O2S/c1-3-24-17-18-14-13(15(22)19-16(23)20(14)2)21(17)11-7-10-12-8-5-4-6-9-12/h4-6,8-9,13-14H,3,7,10-11H2,1-2H3,(H,19,22,23). The Hall–Kier alpha value is -2.02. The monoisotopic (exact) mass is 346 g/mol. The third-order valence-electron chi connectivity index (χ3n) is 4.30. The predicted octanol–water partition coefficient (Wildman–Crippen LogP) is 1.92. The lowest BCUT2D eigenvalue weighted by Crippen LogP contribution is -2.63. The number of hydrogen-bond acceptors (Lipinski definition) is 5. The highest BCUT2D eigenvalue weighted by molar-refractivity contribution is 8.13. The van der Waals surface area contributed by atoms with E-state index < -0.39 is 12.2 Å². The third kappa shape index (κ3) is 3.26. The van der Waals surface area contributed by atoms with Gasteiger partial charge in [-0.25, -0.2) is 9.79 Å². The van der Waals surface area contributed by atoms with Crippen molar-refractivity contribution >= 4 is 28.9 Å². The summed E-state index contributed by atoms with van der Waals surface area (Å²) >= 11 is 1.62. The van der Waals surface area contributed by atoms with Gasteiger partial charge in [0.05, 0.1) is 0 Å². The topological polar surface area (TPSA) is 65.0 Å². The first-order chi connectivity index (χ1) is 11.6. The molecule has 24 heavy (non-hydrogen) atoms. The highest BCUT2D eigenvalue weighted by Crippen LogP contribution is 2.28. The molecule has 1 aromatic rings. The molecule has 1 N–H and O–H groups in total. The summed E-state index contributed by atoms with van der Waals surface area (Å²) in [5.41, 5.74) is 1.29. The van der Waals surface area contributed by atoms with Gasteiger partial charge < -0.3 is 9.80 Å². The molecule has 0 saturated carbocycles. The van der Waals surface area contributed by atoms with E-state index in [1.165, 1.54) is 10.5 Å². The fraction of sp³-hybridized carbons (Fsp3) is 0.471. The summed E-state index contributed by atoms with van der Waals surface area (Å²) in [6, 6.07) is 9.52. The number of benzene rings is 1. The maximum Gasteiger partial charge on any atom is 0.325 e. The fourth-order valence-corrected chi connectivity index (χ4v) is 3.89. The van der Waals surface area contributed by atoms with Crippen LogP contribution in [0.5, 0.6) is 0 Å². The quantitative estimate of drug-likeness (QED) is 0.885. The molecule has 0 aliphatic carbocycles. The number of amidine groups is 1. The van der Waals surface area contributed by atoms with Crippen LogP contribution in [0.4, 0.5) is 4.79 Å². The third-order valence-corrected chi connectivity index (χ3v) is 5.19. The lowest BCUT2D eigenvalue weighted by Gasteiger charge is -2.36. The molecule has 2 atom stereocenters. The molecule has 3 amide bonds. The Balaban J connectivity index is 1.71. The molecule has 2 aliphatic heterocycles. The van der Waals surface area contributed by atoms with Crippen molar-refractivity contribution in [2.24, 2.45) is 4.99 Å². The van der Waals surface area contributed by atoms with Gasteiger partial charge in [-0.15, -0.1) is 0 Å². The zero-order valence-electron chi connectivity index (χ0n) is 13.9. The van der Waals surface area contributed by atoms with E-state index in [1.54, 1.807) is 18.8 Å². The molecule has 0 aromatic heterocycles. The van der Waals surface area contributed by atoms with Crippen LogP contribution in [0.2, 0.25) is 0 Å². The van der Waals surface area contributed by atoms with Gasteiger partial charge in [-0.1, -0.05) is 49.0 Å². The van der Waals surface area contributed by atoms with E-state index in [2.05, 4.69) is 34.3 Å². The van der Waals surface area contributed by atoms with Gasteiger partial charge in [0.1, 0.15) is 0 Å². The normalized spacial score (nSPS) is 23.2. The fourth-order valence-electron chi connectivity index (χ4n) is 3.08. The van der Waals surface area contributed by atoms with Crippen LogP contribution in [0.3, 0.4) is 0 Å². The summed E-state index contributed by atoms with van der Waals surface area (Å²) in [6.07, 6.45) is 1.47. The lowest BCUT2D eigenvalue weighted by molar-refractivity contribution is -0.127. The minimum atomic E-state index is -0.419. The zero-order chi connectivity index (χ0) is 17.1. The number of imide groups is 1. The van der Waals surface area contributed by atoms with Crippen LogP contribution < -0.4 is 5.32 Å². The molecule has 2 unspecified atom stereocenters. The van der Waals surface area contributed by atoms with Crippen LogP contribution in [0.15, 0.2) is 35.3 Å². The number of fused-ring (bicyclic) bond motifs is 1. The van der Waals surface area contributed by atoms with Crippen molar-refractivity contribution in [1.82, 2.24) is 15.1 Å². The molecule has 6 nitrogen and oxygen atoms in total. The number of amides is 3. The van der Waals surface area contributed by atoms with E-state index >= 15 is 0 Å². The van der Waals surface area contributed by atoms with Gasteiger partial charge in [0.2, 0.25) is 0 Å². The van der Waals surface area contributed by atoms with Gasteiger partial charge in [-0.2, -0.15) is 0 Å². The first-order valence-corrected chi connectivity index (χ1v) is 9.19. The van der Waals surface area contributed by atoms with Crippen molar-refractivity contribution < 1.29 is 9.59 Å². The molecule has 7 heteroatoms. The minimum Gasteiger partial charge on any atom is -0.336 e. The molecule has 0 spiro atoms. The van der Waals surface area contributed by atoms with Crippen molar-refractivity contribution in [3.05, 3.63) is 35.9 Å². The predicted molar refractivity (Wildman–Crippen MR) is 95.9 cm³/mol. The van der Waals surface area contributed by atoms with Crippen LogP contribution in [0.25, 0.3) is 0 Å². The number of hydrogen-bond donors (Lipinski definition) is 1. The van der Waals surface area contributed by atoms with E-state index in [0.29, 0.717) is 0 Å². The summed E-state index contributed by atoms with van der Waals surface area (Å²) < 4.78 is 0. The molecule has 0 radical (unpaired) electrons. The molecule has 1 saturated heterocycles. The van der Waals surface area contributed by atoms with E-state index in [1.807, 2.05) is 18.2 Å². The van der Waals surface area contributed by atoms with E-state index in [-0.39, 0.29) is 11.9 Å². The van der Waals surface area contributed by atoms with Crippen LogP contribution in [-0.2, 0) is 11.2 Å². The number of nitrogens with one attached hydrogen (secondary N) is 1. The second-order valence-electron chi connectivity index (χ2n) is 5.89. The molecule has 0 bridgehead atoms. The number of nitrogens with zero attached hydrogens (tertiary/aromatic N) is 3. The first kappa shape index (κ1) is 16.8. The Labute approximate surface area is 146 Å². The summed E-state index contributed by atoms with van der Waals surface area (Å²) in [6.45, 7) is 2.81. The second-order valence-corrected chi connectivity index (χ2v) is 7.12. The van der Waals surface area contributed by atoms with E-state index in [0.717, 1.165) is 30.3 Å². The Bertz CT molecular complexity index is 649. The Morgan fingerprint density at radius 3 is 2.71 bits per heavy atom. The number of aliphatic imine (C=N–C) groups is 1. The highest BCUT2D eigenvalue weighted by Gasteiger charge is 2.48. The van der Waals surface area contributed by atoms with Crippen molar-refractivity contribution in [2.45, 2.75) is 32.0 Å². The van der Waals surface area contributed by atoms with Crippen LogP contribution in [0.1, 0.15) is 18.9 Å². The molecule has 128 valence electrons. The largest absolute Gasteiger partial charge is 0.336 e. The van der Waals surface area contributed by atoms with Crippen molar-refractivity contribution in [3.63, 3.8) is 0 Å². The van der Waals surface area contributed by atoms with Gasteiger partial charge in [0.15, 0.2) is 17.4 Å². The summed E-state index contributed by atoms with van der Waals surface area (Å²) in [5, 5.41) is 3.28. The molecule has 1 fully saturated rings. The van der Waals surface area contributed by atoms with E-state index in [9.17, 15) is 9.59 Å². The van der Waals surface area contributed by atoms with Gasteiger partial charge in [0, 0.05) is 13.6 Å². The second kappa shape index (κ2) is 7.25. The first-order valence-electron chi connectivity index (χ1n) is 8.20. The number of carbonyl (C=O) groups excluding carboxylic acids is 2. The molecule has 1 aromatic carbocycles. The number of thioether (sulfide) groups is 1. The SMILES string of the molecule is CCSC1=NC2C(C(=O)NC(=O)N2C)N1CCCc1ccccc1. The zero-order valence-corrected chi connectivity index (χ0v) is 14.8. The maximum absolute atomic E-state index is 12.3. The molecule has 3 rings (SSSR count). The summed E-state index contributed by atoms with van der Waals surface area (Å²) in [4.78, 5) is 32.4. The lowest BCUT2D eigenvalue weighted by atomic mass is 10.1. The summed E-state index contributed by atoms with van der Waals surface area (Å²) in [7, 11) is 1.69. The number of likely N-dealkylation sites (N-methyl/N-ethyl adjacent to an activating group) is 1. The molecule has 2 aliphatic rings. The van der Waals surface area contributed by atoms with Crippen LogP contribution >= 0.6 is 11.8 Å². The van der Waals surface area contributed by atoms with Gasteiger partial charge >= 0.3 is 6.03 Å². The Morgan fingerprint density at radius 2 is 2.00 bits per heavy atom. The van der Waals surface area contributed by atoms with Crippen LogP contribution in [0, 0.1) is 0 Å². The number of urea groups is 1. The average molecular weight is 346 g/mol. The average Bonchev–Trinajstić information content (AvgIpc) is 2.93. The van der Waals surface area contributed by atoms with Gasteiger partial charge in [-0.3, -0.25) is 10.1 Å².